The Morgan fingerprint density at radius 2 is 2.00 bits per heavy atom. The van der Waals surface area contributed by atoms with E-state index in [1.165, 1.54) is 4.68 Å². The SMILES string of the molecule is Cc1cnn(Cc2ccccc2)c(=O)c1. The van der Waals surface area contributed by atoms with E-state index in [1.54, 1.807) is 12.3 Å². The van der Waals surface area contributed by atoms with Gasteiger partial charge in [0, 0.05) is 6.07 Å². The fourth-order valence-corrected chi connectivity index (χ4v) is 1.40. The van der Waals surface area contributed by atoms with Crippen LogP contribution in [0.25, 0.3) is 0 Å². The van der Waals surface area contributed by atoms with E-state index in [2.05, 4.69) is 5.10 Å². The van der Waals surface area contributed by atoms with Crippen molar-refractivity contribution in [3.8, 4) is 0 Å². The van der Waals surface area contributed by atoms with E-state index in [0.717, 1.165) is 11.1 Å². The summed E-state index contributed by atoms with van der Waals surface area (Å²) in [5.74, 6) is 0. The molecule has 2 rings (SSSR count). The summed E-state index contributed by atoms with van der Waals surface area (Å²) in [6.07, 6.45) is 1.70. The van der Waals surface area contributed by atoms with Crippen LogP contribution in [0.3, 0.4) is 0 Å². The summed E-state index contributed by atoms with van der Waals surface area (Å²) in [5, 5.41) is 4.08. The molecule has 0 N–H and O–H groups in total. The number of rotatable bonds is 2. The average Bonchev–Trinajstić information content (AvgIpc) is 2.24. The van der Waals surface area contributed by atoms with Crippen molar-refractivity contribution in [3.63, 3.8) is 0 Å². The number of hydrogen-bond donors (Lipinski definition) is 0. The van der Waals surface area contributed by atoms with Crippen LogP contribution in [-0.4, -0.2) is 9.78 Å². The van der Waals surface area contributed by atoms with E-state index in [9.17, 15) is 4.79 Å². The number of aromatic nitrogens is 2. The third kappa shape index (κ3) is 2.31. The highest BCUT2D eigenvalue weighted by Crippen LogP contribution is 1.99. The molecule has 0 fully saturated rings. The second-order valence-electron chi connectivity index (χ2n) is 3.51. The molecule has 0 saturated carbocycles. The Balaban J connectivity index is 2.29. The van der Waals surface area contributed by atoms with E-state index in [4.69, 9.17) is 0 Å². The maximum atomic E-state index is 11.5. The lowest BCUT2D eigenvalue weighted by Crippen LogP contribution is -2.22. The fourth-order valence-electron chi connectivity index (χ4n) is 1.40. The zero-order valence-corrected chi connectivity index (χ0v) is 8.55. The minimum absolute atomic E-state index is 0.0566. The molecule has 15 heavy (non-hydrogen) atoms. The first-order valence-corrected chi connectivity index (χ1v) is 4.83. The summed E-state index contributed by atoms with van der Waals surface area (Å²) < 4.78 is 1.46. The molecule has 1 aromatic carbocycles. The van der Waals surface area contributed by atoms with Crippen LogP contribution in [0.4, 0.5) is 0 Å². The van der Waals surface area contributed by atoms with Gasteiger partial charge in [0.25, 0.3) is 5.56 Å². The normalized spacial score (nSPS) is 10.2. The second kappa shape index (κ2) is 4.09. The van der Waals surface area contributed by atoms with Gasteiger partial charge in [0.05, 0.1) is 12.7 Å². The van der Waals surface area contributed by atoms with Crippen LogP contribution in [0.5, 0.6) is 0 Å². The molecule has 76 valence electrons. The standard InChI is InChI=1S/C12H12N2O/c1-10-7-12(15)14(13-8-10)9-11-5-3-2-4-6-11/h2-8H,9H2,1H3. The van der Waals surface area contributed by atoms with Crippen molar-refractivity contribution in [2.45, 2.75) is 13.5 Å². The molecule has 0 aliphatic carbocycles. The first-order valence-electron chi connectivity index (χ1n) is 4.83. The number of nitrogens with zero attached hydrogens (tertiary/aromatic N) is 2. The third-order valence-corrected chi connectivity index (χ3v) is 2.18. The molecule has 0 spiro atoms. The predicted molar refractivity (Wildman–Crippen MR) is 58.8 cm³/mol. The van der Waals surface area contributed by atoms with E-state index in [-0.39, 0.29) is 5.56 Å². The fraction of sp³-hybridized carbons (Fsp3) is 0.167. The highest BCUT2D eigenvalue weighted by Gasteiger charge is 1.98. The molecule has 0 radical (unpaired) electrons. The van der Waals surface area contributed by atoms with Gasteiger partial charge >= 0.3 is 0 Å². The lowest BCUT2D eigenvalue weighted by molar-refractivity contribution is 0.636. The van der Waals surface area contributed by atoms with Crippen LogP contribution in [0, 0.1) is 6.92 Å². The summed E-state index contributed by atoms with van der Waals surface area (Å²) in [7, 11) is 0. The molecule has 3 nitrogen and oxygen atoms in total. The monoisotopic (exact) mass is 200 g/mol. The molecular weight excluding hydrogens is 188 g/mol. The van der Waals surface area contributed by atoms with Crippen molar-refractivity contribution in [2.75, 3.05) is 0 Å². The molecule has 0 aliphatic rings. The molecule has 3 heteroatoms. The number of aryl methyl sites for hydroxylation is 1. The largest absolute Gasteiger partial charge is 0.268 e. The average molecular weight is 200 g/mol. The Labute approximate surface area is 88.0 Å². The summed E-state index contributed by atoms with van der Waals surface area (Å²) in [5.41, 5.74) is 1.92. The zero-order chi connectivity index (χ0) is 10.7. The first kappa shape index (κ1) is 9.65. The zero-order valence-electron chi connectivity index (χ0n) is 8.55. The summed E-state index contributed by atoms with van der Waals surface area (Å²) in [6, 6.07) is 11.4. The highest BCUT2D eigenvalue weighted by atomic mass is 16.1. The summed E-state index contributed by atoms with van der Waals surface area (Å²) in [6.45, 7) is 2.39. The molecule has 0 atom stereocenters. The van der Waals surface area contributed by atoms with Gasteiger partial charge in [0.15, 0.2) is 0 Å². The van der Waals surface area contributed by atoms with Gasteiger partial charge in [-0.3, -0.25) is 4.79 Å². The van der Waals surface area contributed by atoms with Crippen molar-refractivity contribution < 1.29 is 0 Å². The first-order chi connectivity index (χ1) is 7.25. The van der Waals surface area contributed by atoms with Crippen LogP contribution in [0.1, 0.15) is 11.1 Å². The highest BCUT2D eigenvalue weighted by molar-refractivity contribution is 5.15. The Morgan fingerprint density at radius 1 is 1.27 bits per heavy atom. The molecule has 1 heterocycles. The van der Waals surface area contributed by atoms with E-state index in [1.807, 2.05) is 37.3 Å². The van der Waals surface area contributed by atoms with Crippen molar-refractivity contribution >= 4 is 0 Å². The van der Waals surface area contributed by atoms with Crippen LogP contribution in [0.2, 0.25) is 0 Å². The van der Waals surface area contributed by atoms with E-state index >= 15 is 0 Å². The Kier molecular flexibility index (Phi) is 2.63. The van der Waals surface area contributed by atoms with Gasteiger partial charge in [-0.15, -0.1) is 0 Å². The van der Waals surface area contributed by atoms with Gasteiger partial charge in [-0.1, -0.05) is 30.3 Å². The maximum absolute atomic E-state index is 11.5. The quantitative estimate of drug-likeness (QED) is 0.738. The molecule has 0 saturated heterocycles. The lowest BCUT2D eigenvalue weighted by atomic mass is 10.2. The van der Waals surface area contributed by atoms with Gasteiger partial charge < -0.3 is 0 Å². The van der Waals surface area contributed by atoms with Gasteiger partial charge in [0.1, 0.15) is 0 Å². The van der Waals surface area contributed by atoms with Crippen molar-refractivity contribution in [2.24, 2.45) is 0 Å². The topological polar surface area (TPSA) is 34.9 Å². The van der Waals surface area contributed by atoms with E-state index < -0.39 is 0 Å². The second-order valence-corrected chi connectivity index (χ2v) is 3.51. The van der Waals surface area contributed by atoms with Crippen LogP contribution in [0.15, 0.2) is 47.4 Å². The van der Waals surface area contributed by atoms with Gasteiger partial charge in [-0.05, 0) is 18.1 Å². The molecular formula is C12H12N2O. The minimum atomic E-state index is -0.0566. The molecule has 0 aliphatic heterocycles. The van der Waals surface area contributed by atoms with Gasteiger partial charge in [-0.2, -0.15) is 5.10 Å². The third-order valence-electron chi connectivity index (χ3n) is 2.18. The van der Waals surface area contributed by atoms with Crippen molar-refractivity contribution in [1.29, 1.82) is 0 Å². The Bertz CT molecular complexity index is 503. The lowest BCUT2D eigenvalue weighted by Gasteiger charge is -2.03. The maximum Gasteiger partial charge on any atom is 0.267 e. The Morgan fingerprint density at radius 3 is 2.67 bits per heavy atom. The smallest absolute Gasteiger partial charge is 0.267 e. The molecule has 1 aromatic heterocycles. The summed E-state index contributed by atoms with van der Waals surface area (Å²) in [4.78, 5) is 11.5. The molecule has 0 bridgehead atoms. The molecule has 2 aromatic rings. The molecule has 0 unspecified atom stereocenters. The minimum Gasteiger partial charge on any atom is -0.268 e. The van der Waals surface area contributed by atoms with Crippen molar-refractivity contribution in [3.05, 3.63) is 64.1 Å². The Hall–Kier alpha value is -1.90. The summed E-state index contributed by atoms with van der Waals surface area (Å²) >= 11 is 0. The molecule has 0 amide bonds. The van der Waals surface area contributed by atoms with E-state index in [0.29, 0.717) is 6.54 Å². The van der Waals surface area contributed by atoms with Gasteiger partial charge in [-0.25, -0.2) is 4.68 Å². The number of benzene rings is 1. The van der Waals surface area contributed by atoms with Crippen LogP contribution >= 0.6 is 0 Å². The predicted octanol–water partition coefficient (Wildman–Crippen LogP) is 1.60. The number of hydrogen-bond acceptors (Lipinski definition) is 2. The van der Waals surface area contributed by atoms with Crippen LogP contribution in [-0.2, 0) is 6.54 Å². The van der Waals surface area contributed by atoms with Crippen molar-refractivity contribution in [1.82, 2.24) is 9.78 Å². The van der Waals surface area contributed by atoms with Gasteiger partial charge in [0.2, 0.25) is 0 Å². The van der Waals surface area contributed by atoms with Crippen LogP contribution < -0.4 is 5.56 Å².